The highest BCUT2D eigenvalue weighted by Gasteiger charge is 2.55. The second-order valence-corrected chi connectivity index (χ2v) is 16.7. The van der Waals surface area contributed by atoms with E-state index in [9.17, 15) is 33.9 Å². The highest BCUT2D eigenvalue weighted by molar-refractivity contribution is 6.67. The van der Waals surface area contributed by atoms with Crippen LogP contribution in [0.5, 0.6) is 0 Å². The van der Waals surface area contributed by atoms with Crippen molar-refractivity contribution >= 4 is 70.4 Å². The number of alkyl halides is 3. The largest absolute Gasteiger partial charge is 0.481 e. The molecule has 4 saturated heterocycles. The lowest BCUT2D eigenvalue weighted by Crippen LogP contribution is -2.52. The maximum Gasteiger partial charge on any atom is 0.325 e. The standard InChI is InChI=1S/C21H22N2O6.C15H19Cl3N2O4/c1-21(12-6-3-2-4-7-12)19(27)23(20(28)22-21)11-5-8-13(24)16-14-9-10-15(29-14)17(16)18(25)26;1-19-4-6-20(7-5-19)13(21)11-9-2-3-10(24-9)12(11)14(22)23-8-15(16,17)18/h2-4,6-7,9-10,14-17H,5,8,11H2,1H3,(H,22,28)(H,25,26);2-3,9-12H,4-8H2,1H3/t14-,15+,16?,17?,21?;9-,10+,11?,12?/m00/s1. The number of benzene rings is 1. The van der Waals surface area contributed by atoms with Gasteiger partial charge in [-0.15, -0.1) is 0 Å². The number of ketones is 1. The van der Waals surface area contributed by atoms with E-state index in [4.69, 9.17) is 49.0 Å². The van der Waals surface area contributed by atoms with Gasteiger partial charge < -0.3 is 34.4 Å². The lowest BCUT2D eigenvalue weighted by molar-refractivity contribution is -0.155. The van der Waals surface area contributed by atoms with E-state index in [0.717, 1.165) is 18.0 Å². The monoisotopic (exact) mass is 794 g/mol. The van der Waals surface area contributed by atoms with E-state index >= 15 is 0 Å². The average Bonchev–Trinajstić information content (AvgIpc) is 3.96. The minimum atomic E-state index is -1.68. The molecule has 5 unspecified atom stereocenters. The molecule has 2 N–H and O–H groups in total. The van der Waals surface area contributed by atoms with Gasteiger partial charge >= 0.3 is 18.0 Å². The van der Waals surface area contributed by atoms with Crippen LogP contribution in [0.1, 0.15) is 25.3 Å². The molecule has 14 nitrogen and oxygen atoms in total. The number of carboxylic acid groups (broad SMARTS) is 1. The summed E-state index contributed by atoms with van der Waals surface area (Å²) in [6, 6.07) is 8.48. The topological polar surface area (TPSA) is 172 Å². The van der Waals surface area contributed by atoms with Crippen LogP contribution in [0.3, 0.4) is 0 Å². The zero-order chi connectivity index (χ0) is 38.2. The molecule has 7 rings (SSSR count). The fourth-order valence-electron chi connectivity index (χ4n) is 7.80. The van der Waals surface area contributed by atoms with Gasteiger partial charge in [0.25, 0.3) is 5.91 Å². The molecule has 4 bridgehead atoms. The maximum absolute atomic E-state index is 12.9. The number of nitrogens with one attached hydrogen (secondary N) is 1. The Morgan fingerprint density at radius 3 is 2.04 bits per heavy atom. The summed E-state index contributed by atoms with van der Waals surface area (Å²) in [5.74, 6) is -5.14. The number of hydrogen-bond acceptors (Lipinski definition) is 10. The molecule has 9 atom stereocenters. The average molecular weight is 796 g/mol. The van der Waals surface area contributed by atoms with Gasteiger partial charge in [0.05, 0.1) is 42.2 Å². The van der Waals surface area contributed by atoms with Crippen molar-refractivity contribution in [2.75, 3.05) is 46.4 Å². The zero-order valence-electron chi connectivity index (χ0n) is 29.1. The summed E-state index contributed by atoms with van der Waals surface area (Å²) in [6.07, 6.45) is 5.46. The van der Waals surface area contributed by atoms with Crippen LogP contribution in [0.15, 0.2) is 54.6 Å². The van der Waals surface area contributed by atoms with Gasteiger partial charge in [0, 0.05) is 39.1 Å². The number of piperazine rings is 1. The highest BCUT2D eigenvalue weighted by atomic mass is 35.6. The summed E-state index contributed by atoms with van der Waals surface area (Å²) < 4.78 is 14.7. The second-order valence-electron chi connectivity index (χ2n) is 14.1. The normalized spacial score (nSPS) is 32.8. The lowest BCUT2D eigenvalue weighted by atomic mass is 9.79. The van der Waals surface area contributed by atoms with E-state index in [1.165, 1.54) is 0 Å². The lowest BCUT2D eigenvalue weighted by Gasteiger charge is -2.35. The van der Waals surface area contributed by atoms with Gasteiger partial charge in [0.1, 0.15) is 23.8 Å². The SMILES string of the molecule is CC1(c2ccccc2)NC(=O)N(CCCC(=O)C2C(C(=O)O)[C@H]3C=C[C@@H]2O3)C1=O.CN1CCN(C(=O)C2C(C(=O)OCC(Cl)(Cl)Cl)[C@H]3C=C[C@@H]2O3)CC1. The summed E-state index contributed by atoms with van der Waals surface area (Å²) in [5, 5.41) is 12.1. The maximum atomic E-state index is 12.9. The van der Waals surface area contributed by atoms with Crippen LogP contribution < -0.4 is 5.32 Å². The van der Waals surface area contributed by atoms with Gasteiger partial charge in [-0.05, 0) is 26.0 Å². The molecule has 4 fully saturated rings. The molecule has 0 spiro atoms. The molecule has 286 valence electrons. The van der Waals surface area contributed by atoms with E-state index in [-0.39, 0.29) is 43.6 Å². The smallest absolute Gasteiger partial charge is 0.325 e. The fourth-order valence-corrected chi connectivity index (χ4v) is 7.97. The Bertz CT molecular complexity index is 1680. The molecule has 6 heterocycles. The molecule has 1 aromatic rings. The molecule has 0 aromatic heterocycles. The predicted molar refractivity (Wildman–Crippen MR) is 191 cm³/mol. The Kier molecular flexibility index (Phi) is 11.6. The summed E-state index contributed by atoms with van der Waals surface area (Å²) in [5.41, 5.74) is -0.452. The quantitative estimate of drug-likeness (QED) is 0.155. The van der Waals surface area contributed by atoms with Gasteiger partial charge in [-0.25, -0.2) is 4.79 Å². The molecular weight excluding hydrogens is 755 g/mol. The number of Topliss-reactive ketones (excluding diaryl/α,β-unsaturated/α-hetero) is 1. The van der Waals surface area contributed by atoms with E-state index < -0.39 is 75.4 Å². The molecular formula is C36H41Cl3N4O10. The third kappa shape index (κ3) is 8.13. The summed E-state index contributed by atoms with van der Waals surface area (Å²) >= 11 is 16.9. The first kappa shape index (κ1) is 39.2. The number of nitrogens with zero attached hydrogens (tertiary/aromatic N) is 3. The van der Waals surface area contributed by atoms with Crippen LogP contribution >= 0.6 is 34.8 Å². The highest BCUT2D eigenvalue weighted by Crippen LogP contribution is 2.42. The number of carbonyl (C=O) groups is 6. The number of imide groups is 1. The van der Waals surface area contributed by atoms with Gasteiger partial charge in [0.15, 0.2) is 0 Å². The van der Waals surface area contributed by atoms with Gasteiger partial charge in [-0.2, -0.15) is 0 Å². The first-order valence-corrected chi connectivity index (χ1v) is 18.6. The van der Waals surface area contributed by atoms with Crippen LogP contribution in [-0.2, 0) is 43.7 Å². The van der Waals surface area contributed by atoms with Crippen LogP contribution in [0.2, 0.25) is 0 Å². The number of esters is 1. The summed E-state index contributed by atoms with van der Waals surface area (Å²) in [7, 11) is 2.02. The number of rotatable bonds is 10. The molecule has 17 heteroatoms. The van der Waals surface area contributed by atoms with Crippen LogP contribution in [0, 0.1) is 23.7 Å². The fraction of sp³-hybridized carbons (Fsp3) is 0.556. The number of likely N-dealkylation sites (N-methyl/N-ethyl adjacent to an activating group) is 1. The number of carbonyl (C=O) groups excluding carboxylic acids is 5. The Morgan fingerprint density at radius 1 is 0.887 bits per heavy atom. The van der Waals surface area contributed by atoms with Crippen molar-refractivity contribution in [1.29, 1.82) is 0 Å². The predicted octanol–water partition coefficient (Wildman–Crippen LogP) is 2.70. The first-order chi connectivity index (χ1) is 25.1. The number of ether oxygens (including phenoxy) is 3. The number of aliphatic carboxylic acids is 1. The van der Waals surface area contributed by atoms with Gasteiger partial charge in [0.2, 0.25) is 9.70 Å². The van der Waals surface area contributed by atoms with E-state index in [1.54, 1.807) is 54.3 Å². The Balaban J connectivity index is 0.000000185. The number of hydrogen-bond donors (Lipinski definition) is 2. The zero-order valence-corrected chi connectivity index (χ0v) is 31.3. The molecule has 0 radical (unpaired) electrons. The van der Waals surface area contributed by atoms with Crippen molar-refractivity contribution < 1.29 is 48.1 Å². The third-order valence-electron chi connectivity index (χ3n) is 10.6. The van der Waals surface area contributed by atoms with Crippen molar-refractivity contribution in [3.05, 3.63) is 60.2 Å². The van der Waals surface area contributed by atoms with Crippen LogP contribution in [-0.4, -0.2) is 130 Å². The number of halogens is 3. The van der Waals surface area contributed by atoms with Gasteiger partial charge in [-0.3, -0.25) is 28.9 Å². The van der Waals surface area contributed by atoms with Crippen molar-refractivity contribution in [2.45, 2.75) is 53.5 Å². The van der Waals surface area contributed by atoms with Crippen LogP contribution in [0.25, 0.3) is 0 Å². The van der Waals surface area contributed by atoms with Crippen LogP contribution in [0.4, 0.5) is 4.79 Å². The number of fused-ring (bicyclic) bond motifs is 4. The van der Waals surface area contributed by atoms with E-state index in [1.807, 2.05) is 19.2 Å². The molecule has 0 aliphatic carbocycles. The number of carboxylic acids is 1. The van der Waals surface area contributed by atoms with Crippen molar-refractivity contribution in [3.8, 4) is 0 Å². The first-order valence-electron chi connectivity index (χ1n) is 17.4. The van der Waals surface area contributed by atoms with Gasteiger partial charge in [-0.1, -0.05) is 89.4 Å². The molecule has 6 aliphatic rings. The third-order valence-corrected chi connectivity index (χ3v) is 11.0. The number of urea groups is 1. The molecule has 0 saturated carbocycles. The minimum absolute atomic E-state index is 0.0733. The Hall–Kier alpha value is -3.53. The van der Waals surface area contributed by atoms with Crippen molar-refractivity contribution in [3.63, 3.8) is 0 Å². The summed E-state index contributed by atoms with van der Waals surface area (Å²) in [6.45, 7) is 4.30. The second kappa shape index (κ2) is 15.7. The molecule has 6 aliphatic heterocycles. The number of amides is 4. The van der Waals surface area contributed by atoms with E-state index in [0.29, 0.717) is 18.7 Å². The Morgan fingerprint density at radius 2 is 1.45 bits per heavy atom. The van der Waals surface area contributed by atoms with E-state index in [2.05, 4.69) is 10.2 Å². The molecule has 4 amide bonds. The van der Waals surface area contributed by atoms with Crippen molar-refractivity contribution in [1.82, 2.24) is 20.0 Å². The van der Waals surface area contributed by atoms with Crippen molar-refractivity contribution in [2.24, 2.45) is 23.7 Å². The minimum Gasteiger partial charge on any atom is -0.481 e. The molecule has 1 aromatic carbocycles. The molecule has 53 heavy (non-hydrogen) atoms. The summed E-state index contributed by atoms with van der Waals surface area (Å²) in [4.78, 5) is 79.8. The Labute approximate surface area is 321 Å².